The van der Waals surface area contributed by atoms with E-state index in [4.69, 9.17) is 4.74 Å². The summed E-state index contributed by atoms with van der Waals surface area (Å²) in [6.45, 7) is 9.75. The second-order valence-corrected chi connectivity index (χ2v) is 8.58. The van der Waals surface area contributed by atoms with Gasteiger partial charge in [0.25, 0.3) is 0 Å². The predicted octanol–water partition coefficient (Wildman–Crippen LogP) is 0.465. The minimum Gasteiger partial charge on any atom is -0.383 e. The van der Waals surface area contributed by atoms with Gasteiger partial charge in [0.15, 0.2) is 0 Å². The molecule has 5 heteroatoms. The van der Waals surface area contributed by atoms with Gasteiger partial charge in [-0.15, -0.1) is 0 Å². The standard InChI is InChI=1S/C18H34N4O/c1-20-10-17-9-18(12-20,13-21-8-5-16(21)11-23-2)14-22(17)15-3-6-19-7-4-15/h15-17,19H,3-14H2,1-2H3. The van der Waals surface area contributed by atoms with Gasteiger partial charge in [0.1, 0.15) is 0 Å². The molecule has 132 valence electrons. The second kappa shape index (κ2) is 6.60. The molecular weight excluding hydrogens is 288 g/mol. The van der Waals surface area contributed by atoms with Crippen molar-refractivity contribution in [3.63, 3.8) is 0 Å². The van der Waals surface area contributed by atoms with Crippen LogP contribution in [0.5, 0.6) is 0 Å². The lowest BCUT2D eigenvalue weighted by Crippen LogP contribution is -2.57. The number of rotatable bonds is 5. The Morgan fingerprint density at radius 3 is 2.65 bits per heavy atom. The number of ether oxygens (including phenoxy) is 1. The molecule has 0 spiro atoms. The molecule has 3 atom stereocenters. The van der Waals surface area contributed by atoms with Crippen molar-refractivity contribution in [3.05, 3.63) is 0 Å². The average Bonchev–Trinajstić information content (AvgIpc) is 2.82. The molecule has 4 heterocycles. The number of nitrogens with zero attached hydrogens (tertiary/aromatic N) is 3. The Hall–Kier alpha value is -0.200. The summed E-state index contributed by atoms with van der Waals surface area (Å²) in [6.07, 6.45) is 5.41. The Labute approximate surface area is 141 Å². The van der Waals surface area contributed by atoms with Crippen LogP contribution in [-0.4, -0.2) is 99.4 Å². The fraction of sp³-hybridized carbons (Fsp3) is 1.00. The van der Waals surface area contributed by atoms with Gasteiger partial charge in [-0.1, -0.05) is 0 Å². The van der Waals surface area contributed by atoms with Gasteiger partial charge in [-0.2, -0.15) is 0 Å². The van der Waals surface area contributed by atoms with Crippen molar-refractivity contribution >= 4 is 0 Å². The van der Waals surface area contributed by atoms with E-state index in [1.807, 2.05) is 7.11 Å². The SMILES string of the molecule is COCC1CCN1CC12CC(CN(C)C1)N(C1CCNCC1)C2. The summed E-state index contributed by atoms with van der Waals surface area (Å²) < 4.78 is 5.41. The minimum absolute atomic E-state index is 0.495. The van der Waals surface area contributed by atoms with Gasteiger partial charge < -0.3 is 15.0 Å². The average molecular weight is 322 g/mol. The molecule has 4 fully saturated rings. The van der Waals surface area contributed by atoms with Crippen LogP contribution < -0.4 is 5.32 Å². The van der Waals surface area contributed by atoms with Crippen LogP contribution in [0.1, 0.15) is 25.7 Å². The first-order chi connectivity index (χ1) is 11.2. The summed E-state index contributed by atoms with van der Waals surface area (Å²) in [5.41, 5.74) is 0.495. The number of likely N-dealkylation sites (tertiary alicyclic amines) is 3. The van der Waals surface area contributed by atoms with E-state index in [2.05, 4.69) is 27.1 Å². The highest BCUT2D eigenvalue weighted by Gasteiger charge is 2.51. The van der Waals surface area contributed by atoms with Crippen molar-refractivity contribution in [1.82, 2.24) is 20.0 Å². The first-order valence-electron chi connectivity index (χ1n) is 9.57. The second-order valence-electron chi connectivity index (χ2n) is 8.58. The van der Waals surface area contributed by atoms with Crippen LogP contribution in [0.4, 0.5) is 0 Å². The third-order valence-corrected chi connectivity index (χ3v) is 6.72. The van der Waals surface area contributed by atoms with E-state index in [1.54, 1.807) is 0 Å². The molecule has 5 nitrogen and oxygen atoms in total. The highest BCUT2D eigenvalue weighted by molar-refractivity contribution is 5.06. The molecule has 0 aromatic heterocycles. The highest BCUT2D eigenvalue weighted by Crippen LogP contribution is 2.43. The summed E-state index contributed by atoms with van der Waals surface area (Å²) in [7, 11) is 4.17. The largest absolute Gasteiger partial charge is 0.383 e. The molecule has 0 radical (unpaired) electrons. The zero-order valence-corrected chi connectivity index (χ0v) is 15.0. The van der Waals surface area contributed by atoms with E-state index in [0.29, 0.717) is 11.5 Å². The van der Waals surface area contributed by atoms with E-state index in [-0.39, 0.29) is 0 Å². The Morgan fingerprint density at radius 2 is 1.96 bits per heavy atom. The lowest BCUT2D eigenvalue weighted by Gasteiger charge is -2.47. The quantitative estimate of drug-likeness (QED) is 0.795. The highest BCUT2D eigenvalue weighted by atomic mass is 16.5. The van der Waals surface area contributed by atoms with Crippen molar-refractivity contribution < 1.29 is 4.74 Å². The first kappa shape index (κ1) is 16.3. The normalized spacial score (nSPS) is 40.4. The van der Waals surface area contributed by atoms with Crippen molar-refractivity contribution in [2.24, 2.45) is 5.41 Å². The van der Waals surface area contributed by atoms with Crippen LogP contribution >= 0.6 is 0 Å². The lowest BCUT2D eigenvalue weighted by atomic mass is 9.80. The fourth-order valence-corrected chi connectivity index (χ4v) is 5.72. The number of likely N-dealkylation sites (N-methyl/N-ethyl adjacent to an activating group) is 1. The van der Waals surface area contributed by atoms with Gasteiger partial charge in [-0.05, 0) is 45.8 Å². The van der Waals surface area contributed by atoms with Gasteiger partial charge in [-0.25, -0.2) is 0 Å². The van der Waals surface area contributed by atoms with Crippen LogP contribution in [0.2, 0.25) is 0 Å². The summed E-state index contributed by atoms with van der Waals surface area (Å²) >= 11 is 0. The minimum atomic E-state index is 0.495. The number of piperidine rings is 2. The van der Waals surface area contributed by atoms with Crippen molar-refractivity contribution in [1.29, 1.82) is 0 Å². The third kappa shape index (κ3) is 3.19. The van der Waals surface area contributed by atoms with Crippen molar-refractivity contribution in [2.75, 3.05) is 66.6 Å². The van der Waals surface area contributed by atoms with Crippen molar-refractivity contribution in [2.45, 2.75) is 43.8 Å². The zero-order valence-electron chi connectivity index (χ0n) is 15.0. The van der Waals surface area contributed by atoms with Crippen LogP contribution in [-0.2, 0) is 4.74 Å². The Kier molecular flexibility index (Phi) is 4.67. The molecule has 2 bridgehead atoms. The number of hydrogen-bond donors (Lipinski definition) is 1. The third-order valence-electron chi connectivity index (χ3n) is 6.72. The molecule has 0 amide bonds. The summed E-state index contributed by atoms with van der Waals surface area (Å²) in [6, 6.07) is 2.28. The molecule has 4 rings (SSSR count). The molecule has 0 aromatic carbocycles. The van der Waals surface area contributed by atoms with Crippen LogP contribution in [0.3, 0.4) is 0 Å². The Balaban J connectivity index is 1.44. The van der Waals surface area contributed by atoms with Gasteiger partial charge in [0, 0.05) is 63.4 Å². The molecule has 0 saturated carbocycles. The number of hydrogen-bond acceptors (Lipinski definition) is 5. The number of nitrogens with one attached hydrogen (secondary N) is 1. The maximum atomic E-state index is 5.41. The predicted molar refractivity (Wildman–Crippen MR) is 92.8 cm³/mol. The van der Waals surface area contributed by atoms with Crippen molar-refractivity contribution in [3.8, 4) is 0 Å². The lowest BCUT2D eigenvalue weighted by molar-refractivity contribution is -0.0154. The zero-order chi connectivity index (χ0) is 15.9. The van der Waals surface area contributed by atoms with Gasteiger partial charge in [-0.3, -0.25) is 9.80 Å². The van der Waals surface area contributed by atoms with E-state index in [9.17, 15) is 0 Å². The maximum Gasteiger partial charge on any atom is 0.0618 e. The van der Waals surface area contributed by atoms with Crippen LogP contribution in [0, 0.1) is 5.41 Å². The molecule has 4 aliphatic rings. The van der Waals surface area contributed by atoms with Crippen LogP contribution in [0.15, 0.2) is 0 Å². The van der Waals surface area contributed by atoms with Gasteiger partial charge in [0.2, 0.25) is 0 Å². The van der Waals surface area contributed by atoms with Crippen LogP contribution in [0.25, 0.3) is 0 Å². The van der Waals surface area contributed by atoms with E-state index >= 15 is 0 Å². The molecular formula is C18H34N4O. The van der Waals surface area contributed by atoms with Gasteiger partial charge in [0.05, 0.1) is 6.61 Å². The molecule has 23 heavy (non-hydrogen) atoms. The smallest absolute Gasteiger partial charge is 0.0618 e. The van der Waals surface area contributed by atoms with E-state index < -0.39 is 0 Å². The molecule has 4 saturated heterocycles. The molecule has 0 aliphatic carbocycles. The Morgan fingerprint density at radius 1 is 1.13 bits per heavy atom. The molecule has 4 aliphatic heterocycles. The van der Waals surface area contributed by atoms with E-state index in [1.165, 1.54) is 71.5 Å². The van der Waals surface area contributed by atoms with E-state index in [0.717, 1.165) is 18.7 Å². The maximum absolute atomic E-state index is 5.41. The Bertz CT molecular complexity index is 414. The first-order valence-corrected chi connectivity index (χ1v) is 9.57. The summed E-state index contributed by atoms with van der Waals surface area (Å²) in [4.78, 5) is 8.20. The number of methoxy groups -OCH3 is 1. The number of fused-ring (bicyclic) bond motifs is 2. The summed E-state index contributed by atoms with van der Waals surface area (Å²) in [5, 5.41) is 3.53. The topological polar surface area (TPSA) is 31.0 Å². The fourth-order valence-electron chi connectivity index (χ4n) is 5.72. The molecule has 1 N–H and O–H groups in total. The summed E-state index contributed by atoms with van der Waals surface area (Å²) in [5.74, 6) is 0. The monoisotopic (exact) mass is 322 g/mol. The van der Waals surface area contributed by atoms with Gasteiger partial charge >= 0.3 is 0 Å². The molecule has 3 unspecified atom stereocenters. The molecule has 0 aromatic rings.